The van der Waals surface area contributed by atoms with Gasteiger partial charge in [0.1, 0.15) is 0 Å². The molecule has 1 N–H and O–H groups in total. The van der Waals surface area contributed by atoms with Crippen molar-refractivity contribution in [3.8, 4) is 0 Å². The maximum atomic E-state index is 3.70. The van der Waals surface area contributed by atoms with E-state index in [0.29, 0.717) is 6.04 Å². The van der Waals surface area contributed by atoms with E-state index >= 15 is 0 Å². The molecule has 0 radical (unpaired) electrons. The van der Waals surface area contributed by atoms with Gasteiger partial charge in [0.25, 0.3) is 0 Å². The zero-order valence-corrected chi connectivity index (χ0v) is 9.30. The highest BCUT2D eigenvalue weighted by Crippen LogP contribution is 2.18. The minimum atomic E-state index is 0.397. The maximum absolute atomic E-state index is 3.70. The fourth-order valence-corrected chi connectivity index (χ4v) is 1.68. The van der Waals surface area contributed by atoms with Crippen LogP contribution in [0.15, 0.2) is 30.9 Å². The Bertz CT molecular complexity index is 315. The van der Waals surface area contributed by atoms with Crippen LogP contribution in [0.1, 0.15) is 29.7 Å². The molecule has 0 heterocycles. The summed E-state index contributed by atoms with van der Waals surface area (Å²) in [5, 5.41) is 3.39. The molecule has 1 aromatic rings. The first-order valence-corrected chi connectivity index (χ1v) is 5.06. The molecule has 1 heteroatoms. The van der Waals surface area contributed by atoms with Crippen molar-refractivity contribution in [2.75, 3.05) is 6.54 Å². The lowest BCUT2D eigenvalue weighted by atomic mass is 10.0. The summed E-state index contributed by atoms with van der Waals surface area (Å²) in [5.74, 6) is 0. The Morgan fingerprint density at radius 1 is 1.43 bits per heavy atom. The Hall–Kier alpha value is -1.08. The molecule has 1 atom stereocenters. The maximum Gasteiger partial charge on any atom is 0.0297 e. The number of benzene rings is 1. The van der Waals surface area contributed by atoms with Crippen LogP contribution in [0, 0.1) is 13.8 Å². The fraction of sp³-hybridized carbons (Fsp3) is 0.385. The zero-order valence-electron chi connectivity index (χ0n) is 9.30. The van der Waals surface area contributed by atoms with E-state index in [-0.39, 0.29) is 0 Å². The molecule has 0 aliphatic heterocycles. The molecule has 0 aliphatic carbocycles. The van der Waals surface area contributed by atoms with Crippen LogP contribution in [-0.2, 0) is 0 Å². The smallest absolute Gasteiger partial charge is 0.0297 e. The predicted molar refractivity (Wildman–Crippen MR) is 62.5 cm³/mol. The van der Waals surface area contributed by atoms with Crippen molar-refractivity contribution in [2.24, 2.45) is 0 Å². The van der Waals surface area contributed by atoms with Gasteiger partial charge in [-0.25, -0.2) is 0 Å². The Morgan fingerprint density at radius 2 is 2.14 bits per heavy atom. The number of hydrogen-bond acceptors (Lipinski definition) is 1. The molecular formula is C13H19N. The van der Waals surface area contributed by atoms with Gasteiger partial charge in [0.05, 0.1) is 0 Å². The van der Waals surface area contributed by atoms with E-state index < -0.39 is 0 Å². The Morgan fingerprint density at radius 3 is 2.71 bits per heavy atom. The highest BCUT2D eigenvalue weighted by atomic mass is 14.9. The van der Waals surface area contributed by atoms with Gasteiger partial charge in [-0.15, -0.1) is 6.58 Å². The Kier molecular flexibility index (Phi) is 3.90. The second-order valence-corrected chi connectivity index (χ2v) is 3.78. The van der Waals surface area contributed by atoms with Crippen LogP contribution in [-0.4, -0.2) is 6.54 Å². The minimum Gasteiger partial charge on any atom is -0.307 e. The van der Waals surface area contributed by atoms with Crippen LogP contribution >= 0.6 is 0 Å². The molecule has 0 bridgehead atoms. The minimum absolute atomic E-state index is 0.397. The van der Waals surface area contributed by atoms with E-state index in [0.717, 1.165) is 6.54 Å². The summed E-state index contributed by atoms with van der Waals surface area (Å²) in [6, 6.07) is 6.98. The number of aryl methyl sites for hydroxylation is 2. The molecule has 0 amide bonds. The van der Waals surface area contributed by atoms with Crippen LogP contribution < -0.4 is 5.32 Å². The van der Waals surface area contributed by atoms with Crippen LogP contribution in [0.2, 0.25) is 0 Å². The summed E-state index contributed by atoms with van der Waals surface area (Å²) < 4.78 is 0. The van der Waals surface area contributed by atoms with Crippen molar-refractivity contribution in [3.05, 3.63) is 47.5 Å². The topological polar surface area (TPSA) is 12.0 Å². The van der Waals surface area contributed by atoms with E-state index in [2.05, 4.69) is 50.9 Å². The van der Waals surface area contributed by atoms with Gasteiger partial charge in [-0.3, -0.25) is 0 Å². The third-order valence-electron chi connectivity index (χ3n) is 2.46. The summed E-state index contributed by atoms with van der Waals surface area (Å²) in [6.45, 7) is 11.0. The zero-order chi connectivity index (χ0) is 10.6. The van der Waals surface area contributed by atoms with Gasteiger partial charge in [-0.1, -0.05) is 29.8 Å². The monoisotopic (exact) mass is 189 g/mol. The van der Waals surface area contributed by atoms with E-state index in [4.69, 9.17) is 0 Å². The Labute approximate surface area is 86.8 Å². The molecule has 1 unspecified atom stereocenters. The summed E-state index contributed by atoms with van der Waals surface area (Å²) in [6.07, 6.45) is 1.89. The number of nitrogens with one attached hydrogen (secondary N) is 1. The lowest BCUT2D eigenvalue weighted by Crippen LogP contribution is -2.19. The van der Waals surface area contributed by atoms with Crippen LogP contribution in [0.3, 0.4) is 0 Å². The normalized spacial score (nSPS) is 12.5. The first kappa shape index (κ1) is 11.0. The summed E-state index contributed by atoms with van der Waals surface area (Å²) in [7, 11) is 0. The van der Waals surface area contributed by atoms with Gasteiger partial charge in [-0.2, -0.15) is 0 Å². The highest BCUT2D eigenvalue weighted by Gasteiger charge is 2.06. The lowest BCUT2D eigenvalue weighted by Gasteiger charge is -2.15. The fourth-order valence-electron chi connectivity index (χ4n) is 1.68. The first-order valence-electron chi connectivity index (χ1n) is 5.06. The van der Waals surface area contributed by atoms with Gasteiger partial charge >= 0.3 is 0 Å². The van der Waals surface area contributed by atoms with E-state index in [9.17, 15) is 0 Å². The summed E-state index contributed by atoms with van der Waals surface area (Å²) in [4.78, 5) is 0. The number of rotatable bonds is 4. The molecule has 1 aromatic carbocycles. The quantitative estimate of drug-likeness (QED) is 0.717. The molecule has 0 aromatic heterocycles. The molecule has 76 valence electrons. The molecule has 0 saturated heterocycles. The number of hydrogen-bond donors (Lipinski definition) is 1. The van der Waals surface area contributed by atoms with Crippen molar-refractivity contribution in [3.63, 3.8) is 0 Å². The summed E-state index contributed by atoms with van der Waals surface area (Å²) >= 11 is 0. The van der Waals surface area contributed by atoms with Crippen molar-refractivity contribution in [2.45, 2.75) is 26.8 Å². The molecule has 1 nitrogen and oxygen atoms in total. The van der Waals surface area contributed by atoms with Crippen LogP contribution in [0.4, 0.5) is 0 Å². The average molecular weight is 189 g/mol. The molecule has 0 fully saturated rings. The molecular weight excluding hydrogens is 170 g/mol. The molecule has 1 rings (SSSR count). The van der Waals surface area contributed by atoms with Gasteiger partial charge in [-0.05, 0) is 31.9 Å². The van der Waals surface area contributed by atoms with Crippen LogP contribution in [0.5, 0.6) is 0 Å². The van der Waals surface area contributed by atoms with Crippen molar-refractivity contribution in [1.29, 1.82) is 0 Å². The first-order chi connectivity index (χ1) is 6.65. The molecule has 0 aliphatic rings. The second-order valence-electron chi connectivity index (χ2n) is 3.78. The van der Waals surface area contributed by atoms with E-state index in [1.165, 1.54) is 16.7 Å². The average Bonchev–Trinajstić information content (AvgIpc) is 2.14. The molecule has 14 heavy (non-hydrogen) atoms. The van der Waals surface area contributed by atoms with E-state index in [1.54, 1.807) is 0 Å². The highest BCUT2D eigenvalue weighted by molar-refractivity contribution is 5.32. The van der Waals surface area contributed by atoms with Gasteiger partial charge in [0.15, 0.2) is 0 Å². The molecule has 0 spiro atoms. The van der Waals surface area contributed by atoms with Crippen molar-refractivity contribution in [1.82, 2.24) is 5.32 Å². The third-order valence-corrected chi connectivity index (χ3v) is 2.46. The van der Waals surface area contributed by atoms with Crippen LogP contribution in [0.25, 0.3) is 0 Å². The van der Waals surface area contributed by atoms with Gasteiger partial charge in [0, 0.05) is 12.6 Å². The third kappa shape index (κ3) is 2.71. The second kappa shape index (κ2) is 4.97. The lowest BCUT2D eigenvalue weighted by molar-refractivity contribution is 0.614. The Balaban J connectivity index is 2.78. The molecule has 0 saturated carbocycles. The largest absolute Gasteiger partial charge is 0.307 e. The summed E-state index contributed by atoms with van der Waals surface area (Å²) in [5.41, 5.74) is 4.05. The SMILES string of the molecule is C=CCNC(C)c1ccc(C)cc1C. The van der Waals surface area contributed by atoms with Gasteiger partial charge < -0.3 is 5.32 Å². The van der Waals surface area contributed by atoms with Gasteiger partial charge in [0.2, 0.25) is 0 Å². The predicted octanol–water partition coefficient (Wildman–Crippen LogP) is 3.14. The van der Waals surface area contributed by atoms with E-state index in [1.807, 2.05) is 6.08 Å². The van der Waals surface area contributed by atoms with Crippen molar-refractivity contribution >= 4 is 0 Å². The van der Waals surface area contributed by atoms with Crippen molar-refractivity contribution < 1.29 is 0 Å². The standard InChI is InChI=1S/C13H19N/c1-5-8-14-12(4)13-7-6-10(2)9-11(13)3/h5-7,9,12,14H,1,8H2,2-4H3.